The van der Waals surface area contributed by atoms with Crippen LogP contribution in [0.15, 0.2) is 5.16 Å². The summed E-state index contributed by atoms with van der Waals surface area (Å²) in [5.74, 6) is 0.454. The quantitative estimate of drug-likeness (QED) is 0.350. The summed E-state index contributed by atoms with van der Waals surface area (Å²) in [5, 5.41) is 12.0. The molecule has 0 radical (unpaired) electrons. The van der Waals surface area contributed by atoms with Crippen LogP contribution in [0.1, 0.15) is 40.5 Å². The van der Waals surface area contributed by atoms with Crippen molar-refractivity contribution >= 4 is 11.7 Å². The van der Waals surface area contributed by atoms with Crippen LogP contribution in [0, 0.1) is 5.41 Å². The van der Waals surface area contributed by atoms with Crippen molar-refractivity contribution in [1.29, 1.82) is 0 Å². The van der Waals surface area contributed by atoms with Crippen LogP contribution >= 0.6 is 0 Å². The standard InChI is InChI=1S/C14H28N4O2/c1-5-6-11(12(15)16-20)17-7-9-18(10-8-17)13(19)14(2,3)4/h11,20H,5-10H2,1-4H3,(H2,15,16). The van der Waals surface area contributed by atoms with Crippen molar-refractivity contribution in [1.82, 2.24) is 9.80 Å². The summed E-state index contributed by atoms with van der Waals surface area (Å²) in [7, 11) is 0. The maximum absolute atomic E-state index is 12.2. The SMILES string of the molecule is CCCC(C(N)=NO)N1CCN(C(=O)C(C)(C)C)CC1. The third kappa shape index (κ3) is 4.10. The number of nitrogens with two attached hydrogens (primary N) is 1. The summed E-state index contributed by atoms with van der Waals surface area (Å²) < 4.78 is 0. The van der Waals surface area contributed by atoms with Gasteiger partial charge in [-0.15, -0.1) is 0 Å². The molecule has 6 nitrogen and oxygen atoms in total. The molecule has 1 fully saturated rings. The monoisotopic (exact) mass is 284 g/mol. The molecule has 3 N–H and O–H groups in total. The molecule has 0 aromatic carbocycles. The van der Waals surface area contributed by atoms with Gasteiger partial charge in [0.1, 0.15) is 0 Å². The highest BCUT2D eigenvalue weighted by atomic mass is 16.4. The molecule has 0 aliphatic carbocycles. The predicted molar refractivity (Wildman–Crippen MR) is 79.7 cm³/mol. The molecule has 1 unspecified atom stereocenters. The minimum atomic E-state index is -0.337. The van der Waals surface area contributed by atoms with E-state index in [1.807, 2.05) is 25.7 Å². The summed E-state index contributed by atoms with van der Waals surface area (Å²) in [6.45, 7) is 10.8. The summed E-state index contributed by atoms with van der Waals surface area (Å²) >= 11 is 0. The lowest BCUT2D eigenvalue weighted by Gasteiger charge is -2.40. The first-order valence-corrected chi connectivity index (χ1v) is 7.32. The molecule has 1 aliphatic heterocycles. The van der Waals surface area contributed by atoms with Gasteiger partial charge in [-0.3, -0.25) is 9.69 Å². The molecule has 1 saturated heterocycles. The van der Waals surface area contributed by atoms with E-state index in [1.54, 1.807) is 0 Å². The zero-order valence-electron chi connectivity index (χ0n) is 13.1. The minimum absolute atomic E-state index is 0.0307. The van der Waals surface area contributed by atoms with Crippen molar-refractivity contribution < 1.29 is 10.0 Å². The molecular weight excluding hydrogens is 256 g/mol. The summed E-state index contributed by atoms with van der Waals surface area (Å²) in [5.41, 5.74) is 5.44. The van der Waals surface area contributed by atoms with E-state index >= 15 is 0 Å². The minimum Gasteiger partial charge on any atom is -0.409 e. The largest absolute Gasteiger partial charge is 0.409 e. The molecule has 0 saturated carbocycles. The molecule has 0 spiro atoms. The molecule has 20 heavy (non-hydrogen) atoms. The zero-order chi connectivity index (χ0) is 15.3. The van der Waals surface area contributed by atoms with E-state index < -0.39 is 0 Å². The highest BCUT2D eigenvalue weighted by molar-refractivity contribution is 5.85. The van der Waals surface area contributed by atoms with Gasteiger partial charge >= 0.3 is 0 Å². The number of hydrogen-bond acceptors (Lipinski definition) is 4. The average Bonchev–Trinajstić information content (AvgIpc) is 2.42. The first-order valence-electron chi connectivity index (χ1n) is 7.32. The number of hydrogen-bond donors (Lipinski definition) is 2. The van der Waals surface area contributed by atoms with Gasteiger partial charge in [0.25, 0.3) is 0 Å². The Morgan fingerprint density at radius 1 is 1.30 bits per heavy atom. The Morgan fingerprint density at radius 2 is 1.85 bits per heavy atom. The molecule has 6 heteroatoms. The normalized spacial score (nSPS) is 20.0. The molecule has 1 atom stereocenters. The number of oxime groups is 1. The second kappa shape index (κ2) is 6.92. The van der Waals surface area contributed by atoms with E-state index in [0.717, 1.165) is 25.9 Å². The topological polar surface area (TPSA) is 82.2 Å². The molecule has 1 amide bonds. The summed E-state index contributed by atoms with van der Waals surface area (Å²) in [6, 6.07) is -0.0307. The van der Waals surface area contributed by atoms with E-state index in [2.05, 4.69) is 17.0 Å². The van der Waals surface area contributed by atoms with Crippen LogP contribution in [0.5, 0.6) is 0 Å². The number of carbonyl (C=O) groups is 1. The van der Waals surface area contributed by atoms with E-state index in [-0.39, 0.29) is 23.2 Å². The van der Waals surface area contributed by atoms with Crippen molar-refractivity contribution in [2.24, 2.45) is 16.3 Å². The fourth-order valence-corrected chi connectivity index (χ4v) is 2.57. The number of carbonyl (C=O) groups excluding carboxylic acids is 1. The van der Waals surface area contributed by atoms with Crippen LogP contribution in [0.4, 0.5) is 0 Å². The van der Waals surface area contributed by atoms with Gasteiger partial charge in [-0.2, -0.15) is 0 Å². The van der Waals surface area contributed by atoms with Gasteiger partial charge in [0, 0.05) is 31.6 Å². The third-order valence-corrected chi connectivity index (χ3v) is 3.70. The van der Waals surface area contributed by atoms with Gasteiger partial charge in [0.15, 0.2) is 5.84 Å². The number of rotatable bonds is 4. The van der Waals surface area contributed by atoms with E-state index in [1.165, 1.54) is 0 Å². The van der Waals surface area contributed by atoms with E-state index in [4.69, 9.17) is 10.9 Å². The second-order valence-electron chi connectivity index (χ2n) is 6.41. The van der Waals surface area contributed by atoms with Crippen molar-refractivity contribution in [2.75, 3.05) is 26.2 Å². The first-order chi connectivity index (χ1) is 9.31. The lowest BCUT2D eigenvalue weighted by atomic mass is 9.94. The Morgan fingerprint density at radius 3 is 2.25 bits per heavy atom. The molecule has 0 aromatic rings. The molecular formula is C14H28N4O2. The summed E-state index contributed by atoms with van der Waals surface area (Å²) in [6.07, 6.45) is 1.84. The summed E-state index contributed by atoms with van der Waals surface area (Å²) in [4.78, 5) is 16.3. The van der Waals surface area contributed by atoms with Crippen molar-refractivity contribution in [3.8, 4) is 0 Å². The number of piperazine rings is 1. The third-order valence-electron chi connectivity index (χ3n) is 3.70. The molecule has 116 valence electrons. The van der Waals surface area contributed by atoms with Gasteiger partial charge in [-0.25, -0.2) is 0 Å². The van der Waals surface area contributed by atoms with Crippen LogP contribution in [-0.2, 0) is 4.79 Å². The van der Waals surface area contributed by atoms with Gasteiger partial charge < -0.3 is 15.8 Å². The van der Waals surface area contributed by atoms with Crippen LogP contribution in [0.25, 0.3) is 0 Å². The van der Waals surface area contributed by atoms with Crippen LogP contribution < -0.4 is 5.73 Å². The molecule has 1 rings (SSSR count). The Balaban J connectivity index is 2.62. The van der Waals surface area contributed by atoms with Gasteiger partial charge in [-0.1, -0.05) is 39.3 Å². The molecule has 0 bridgehead atoms. The lowest BCUT2D eigenvalue weighted by Crippen LogP contribution is -2.56. The number of nitrogens with zero attached hydrogens (tertiary/aromatic N) is 3. The molecule has 1 heterocycles. The molecule has 1 aliphatic rings. The smallest absolute Gasteiger partial charge is 0.228 e. The van der Waals surface area contributed by atoms with E-state index in [0.29, 0.717) is 13.1 Å². The van der Waals surface area contributed by atoms with Crippen molar-refractivity contribution in [3.63, 3.8) is 0 Å². The zero-order valence-corrected chi connectivity index (χ0v) is 13.1. The number of amidine groups is 1. The maximum atomic E-state index is 12.2. The van der Waals surface area contributed by atoms with Crippen LogP contribution in [-0.4, -0.2) is 59.0 Å². The Kier molecular flexibility index (Phi) is 5.80. The van der Waals surface area contributed by atoms with E-state index in [9.17, 15) is 4.79 Å². The van der Waals surface area contributed by atoms with Crippen LogP contribution in [0.3, 0.4) is 0 Å². The highest BCUT2D eigenvalue weighted by Gasteiger charge is 2.32. The van der Waals surface area contributed by atoms with Gasteiger partial charge in [0.05, 0.1) is 6.04 Å². The van der Waals surface area contributed by atoms with Crippen molar-refractivity contribution in [2.45, 2.75) is 46.6 Å². The lowest BCUT2D eigenvalue weighted by molar-refractivity contribution is -0.141. The van der Waals surface area contributed by atoms with Crippen molar-refractivity contribution in [3.05, 3.63) is 0 Å². The predicted octanol–water partition coefficient (Wildman–Crippen LogP) is 1.09. The second-order valence-corrected chi connectivity index (χ2v) is 6.41. The highest BCUT2D eigenvalue weighted by Crippen LogP contribution is 2.19. The average molecular weight is 284 g/mol. The maximum Gasteiger partial charge on any atom is 0.228 e. The fourth-order valence-electron chi connectivity index (χ4n) is 2.57. The fraction of sp³-hybridized carbons (Fsp3) is 0.857. The van der Waals surface area contributed by atoms with Crippen LogP contribution in [0.2, 0.25) is 0 Å². The Bertz CT molecular complexity index is 355. The Labute approximate surface area is 121 Å². The van der Waals surface area contributed by atoms with Gasteiger partial charge in [-0.05, 0) is 6.42 Å². The Hall–Kier alpha value is -1.30. The molecule has 0 aromatic heterocycles. The first kappa shape index (κ1) is 16.8. The number of amides is 1. The van der Waals surface area contributed by atoms with Gasteiger partial charge in [0.2, 0.25) is 5.91 Å².